The molecule has 0 unspecified atom stereocenters. The zero-order valence-electron chi connectivity index (χ0n) is 28.8. The van der Waals surface area contributed by atoms with E-state index in [1.54, 1.807) is 38.1 Å². The topological polar surface area (TPSA) is 107 Å². The van der Waals surface area contributed by atoms with Crippen molar-refractivity contribution in [3.8, 4) is 28.7 Å². The molecule has 10 nitrogen and oxygen atoms in total. The molecule has 0 saturated carbocycles. The van der Waals surface area contributed by atoms with E-state index in [4.69, 9.17) is 45.0 Å². The number of hydrogen-bond acceptors (Lipinski definition) is 10. The van der Waals surface area contributed by atoms with Crippen molar-refractivity contribution in [2.75, 3.05) is 34.5 Å². The van der Waals surface area contributed by atoms with Gasteiger partial charge in [-0.25, -0.2) is 9.79 Å². The van der Waals surface area contributed by atoms with Crippen molar-refractivity contribution in [2.45, 2.75) is 39.8 Å². The first-order chi connectivity index (χ1) is 24.2. The van der Waals surface area contributed by atoms with Crippen LogP contribution in [0.5, 0.6) is 28.7 Å². The highest BCUT2D eigenvalue weighted by Gasteiger charge is 2.35. The third-order valence-corrected chi connectivity index (χ3v) is 9.32. The Labute approximate surface area is 299 Å². The fraction of sp³-hybridized carbons (Fsp3) is 0.289. The van der Waals surface area contributed by atoms with Gasteiger partial charge in [0.1, 0.15) is 6.61 Å². The van der Waals surface area contributed by atoms with Gasteiger partial charge < -0.3 is 28.4 Å². The lowest BCUT2D eigenvalue weighted by Gasteiger charge is -2.26. The van der Waals surface area contributed by atoms with Crippen LogP contribution in [0, 0.1) is 0 Å². The van der Waals surface area contributed by atoms with Gasteiger partial charge in [-0.15, -0.1) is 6.58 Å². The van der Waals surface area contributed by atoms with E-state index in [2.05, 4.69) is 6.58 Å². The number of carbonyl (C=O) groups excluding carboxylic acids is 1. The van der Waals surface area contributed by atoms with Crippen LogP contribution in [0.1, 0.15) is 49.1 Å². The number of methoxy groups -OCH3 is 3. The summed E-state index contributed by atoms with van der Waals surface area (Å²) in [5, 5.41) is 0.605. The lowest BCUT2D eigenvalue weighted by Crippen LogP contribution is -2.40. The van der Waals surface area contributed by atoms with E-state index in [9.17, 15) is 9.59 Å². The Morgan fingerprint density at radius 1 is 0.960 bits per heavy atom. The Morgan fingerprint density at radius 2 is 1.68 bits per heavy atom. The molecule has 1 aliphatic heterocycles. The molecule has 0 bridgehead atoms. The first-order valence-electron chi connectivity index (χ1n) is 16.0. The second-order valence-corrected chi connectivity index (χ2v) is 12.5. The molecular weight excluding hydrogens is 680 g/mol. The van der Waals surface area contributed by atoms with Gasteiger partial charge in [0.05, 0.1) is 56.4 Å². The molecule has 5 rings (SSSR count). The molecule has 0 saturated heterocycles. The van der Waals surface area contributed by atoms with Gasteiger partial charge in [-0.3, -0.25) is 9.36 Å². The van der Waals surface area contributed by atoms with Crippen molar-refractivity contribution in [2.24, 2.45) is 4.99 Å². The Kier molecular flexibility index (Phi) is 11.7. The first kappa shape index (κ1) is 36.3. The maximum absolute atomic E-state index is 14.4. The molecule has 3 aromatic carbocycles. The van der Waals surface area contributed by atoms with Crippen molar-refractivity contribution in [3.05, 3.63) is 119 Å². The lowest BCUT2D eigenvalue weighted by atomic mass is 9.95. The van der Waals surface area contributed by atoms with Crippen LogP contribution in [0.2, 0.25) is 5.02 Å². The summed E-state index contributed by atoms with van der Waals surface area (Å²) >= 11 is 7.61. The maximum Gasteiger partial charge on any atom is 0.338 e. The first-order valence-corrected chi connectivity index (χ1v) is 17.1. The smallest absolute Gasteiger partial charge is 0.338 e. The number of fused-ring (bicyclic) bond motifs is 1. The largest absolute Gasteiger partial charge is 0.493 e. The Balaban J connectivity index is 1.68. The zero-order valence-corrected chi connectivity index (χ0v) is 30.4. The number of aromatic nitrogens is 1. The molecule has 12 heteroatoms. The molecule has 262 valence electrons. The minimum absolute atomic E-state index is 0.148. The van der Waals surface area contributed by atoms with E-state index < -0.39 is 12.0 Å². The molecule has 0 aliphatic carbocycles. The molecule has 1 atom stereocenters. The summed E-state index contributed by atoms with van der Waals surface area (Å²) in [5.74, 6) is 1.64. The number of esters is 1. The van der Waals surface area contributed by atoms with E-state index in [1.807, 2.05) is 43.3 Å². The number of thiazole rings is 1. The van der Waals surface area contributed by atoms with Gasteiger partial charge in [-0.2, -0.15) is 0 Å². The van der Waals surface area contributed by atoms with Crippen LogP contribution in [0.15, 0.2) is 82.2 Å². The van der Waals surface area contributed by atoms with Crippen molar-refractivity contribution in [1.82, 2.24) is 4.57 Å². The van der Waals surface area contributed by atoms with Gasteiger partial charge in [0.15, 0.2) is 27.8 Å². The molecular formula is C38H39ClN2O8S. The monoisotopic (exact) mass is 718 g/mol. The number of halogens is 1. The molecule has 0 N–H and O–H groups in total. The van der Waals surface area contributed by atoms with Crippen LogP contribution in [0.4, 0.5) is 0 Å². The maximum atomic E-state index is 14.4. The molecule has 4 aromatic rings. The molecule has 0 amide bonds. The third-order valence-electron chi connectivity index (χ3n) is 7.97. The van der Waals surface area contributed by atoms with E-state index in [0.29, 0.717) is 73.0 Å². The molecule has 0 fully saturated rings. The normalized spacial score (nSPS) is 14.1. The molecule has 0 radical (unpaired) electrons. The minimum atomic E-state index is -0.892. The molecule has 1 aromatic heterocycles. The average molecular weight is 719 g/mol. The van der Waals surface area contributed by atoms with Gasteiger partial charge in [0.25, 0.3) is 5.56 Å². The van der Waals surface area contributed by atoms with Crippen LogP contribution in [-0.4, -0.2) is 45.1 Å². The minimum Gasteiger partial charge on any atom is -0.493 e. The van der Waals surface area contributed by atoms with Crippen molar-refractivity contribution < 1.29 is 33.2 Å². The number of ether oxygens (including phenoxy) is 6. The summed E-state index contributed by atoms with van der Waals surface area (Å²) in [6.45, 7) is 10.1. The molecule has 2 heterocycles. The summed E-state index contributed by atoms with van der Waals surface area (Å²) in [6, 6.07) is 13.8. The summed E-state index contributed by atoms with van der Waals surface area (Å²) in [5.41, 5.74) is 3.25. The van der Waals surface area contributed by atoms with Crippen LogP contribution < -0.4 is 38.6 Å². The fourth-order valence-corrected chi connectivity index (χ4v) is 7.02. The number of allylic oxidation sites excluding steroid dienone is 2. The second-order valence-electron chi connectivity index (χ2n) is 11.1. The number of rotatable bonds is 14. The molecule has 50 heavy (non-hydrogen) atoms. The number of carbonyl (C=O) groups is 1. The van der Waals surface area contributed by atoms with Crippen LogP contribution in [0.3, 0.4) is 0 Å². The van der Waals surface area contributed by atoms with Crippen LogP contribution >= 0.6 is 22.9 Å². The number of nitrogens with zero attached hydrogens (tertiary/aromatic N) is 2. The highest BCUT2D eigenvalue weighted by Crippen LogP contribution is 2.42. The third kappa shape index (κ3) is 7.29. The molecule has 0 spiro atoms. The zero-order chi connectivity index (χ0) is 35.9. The van der Waals surface area contributed by atoms with Crippen molar-refractivity contribution in [3.63, 3.8) is 0 Å². The fourth-order valence-electron chi connectivity index (χ4n) is 5.78. The summed E-state index contributed by atoms with van der Waals surface area (Å²) < 4.78 is 36.5. The predicted molar refractivity (Wildman–Crippen MR) is 194 cm³/mol. The van der Waals surface area contributed by atoms with E-state index in [1.165, 1.54) is 37.2 Å². The Hall–Kier alpha value is -5.00. The lowest BCUT2D eigenvalue weighted by molar-refractivity contribution is -0.139. The summed E-state index contributed by atoms with van der Waals surface area (Å²) in [7, 11) is 4.51. The van der Waals surface area contributed by atoms with Crippen molar-refractivity contribution in [1.29, 1.82) is 0 Å². The van der Waals surface area contributed by atoms with Crippen LogP contribution in [-0.2, 0) is 22.6 Å². The van der Waals surface area contributed by atoms with Gasteiger partial charge in [-0.05, 0) is 74.7 Å². The average Bonchev–Trinajstić information content (AvgIpc) is 3.40. The number of benzene rings is 3. The van der Waals surface area contributed by atoms with Gasteiger partial charge in [0.2, 0.25) is 5.75 Å². The standard InChI is InChI=1S/C38H39ClN2O8S/c1-8-13-24-16-23(17-30(47-9-2)34(24)49-21-25-14-11-12-15-27(25)39)18-31-36(42)41-33(26-19-28(44-5)35(46-7)29(20-26)45-6)32(37(43)48-10-3)22(4)40-38(41)50-31/h8,11-12,14-20,33H,1,9-10,13,21H2,2-7H3/b31-18+/t33-/m0/s1. The Bertz CT molecular complexity index is 2110. The van der Waals surface area contributed by atoms with E-state index in [-0.39, 0.29) is 24.3 Å². The summed E-state index contributed by atoms with van der Waals surface area (Å²) in [4.78, 5) is 32.9. The van der Waals surface area contributed by atoms with Gasteiger partial charge >= 0.3 is 5.97 Å². The van der Waals surface area contributed by atoms with Crippen molar-refractivity contribution >= 4 is 35.0 Å². The SMILES string of the molecule is C=CCc1cc(/C=c2/sc3n(c2=O)[C@@H](c2cc(OC)c(OC)c(OC)c2)C(C(=O)OCC)=C(C)N=3)cc(OCC)c1OCc1ccccc1Cl. The highest BCUT2D eigenvalue weighted by molar-refractivity contribution is 7.07. The van der Waals surface area contributed by atoms with Crippen LogP contribution in [0.25, 0.3) is 6.08 Å². The van der Waals surface area contributed by atoms with E-state index >= 15 is 0 Å². The van der Waals surface area contributed by atoms with E-state index in [0.717, 1.165) is 11.1 Å². The summed E-state index contributed by atoms with van der Waals surface area (Å²) in [6.07, 6.45) is 4.05. The second kappa shape index (κ2) is 16.1. The number of hydrogen-bond donors (Lipinski definition) is 0. The molecule has 1 aliphatic rings. The van der Waals surface area contributed by atoms with Gasteiger partial charge in [0, 0.05) is 16.1 Å². The highest BCUT2D eigenvalue weighted by atomic mass is 35.5. The quantitative estimate of drug-likeness (QED) is 0.112. The predicted octanol–water partition coefficient (Wildman–Crippen LogP) is 6.18. The Morgan fingerprint density at radius 3 is 2.30 bits per heavy atom. The van der Waals surface area contributed by atoms with Gasteiger partial charge in [-0.1, -0.05) is 47.2 Å².